The molecule has 2 aromatic rings. The quantitative estimate of drug-likeness (QED) is 0.846. The van der Waals surface area contributed by atoms with Crippen molar-refractivity contribution in [1.82, 2.24) is 10.1 Å². The van der Waals surface area contributed by atoms with E-state index in [-0.39, 0.29) is 18.1 Å². The summed E-state index contributed by atoms with van der Waals surface area (Å²) in [7, 11) is 0. The van der Waals surface area contributed by atoms with Gasteiger partial charge in [-0.25, -0.2) is 0 Å². The second-order valence-electron chi connectivity index (χ2n) is 5.96. The number of ether oxygens (including phenoxy) is 1. The van der Waals surface area contributed by atoms with E-state index in [4.69, 9.17) is 20.9 Å². The highest BCUT2D eigenvalue weighted by Crippen LogP contribution is 2.32. The van der Waals surface area contributed by atoms with E-state index in [9.17, 15) is 4.79 Å². The van der Waals surface area contributed by atoms with Gasteiger partial charge < -0.3 is 14.2 Å². The molecule has 6 heteroatoms. The highest BCUT2D eigenvalue weighted by molar-refractivity contribution is 6.33. The third kappa shape index (κ3) is 2.64. The van der Waals surface area contributed by atoms with Crippen LogP contribution < -0.4 is 0 Å². The first-order valence-electron chi connectivity index (χ1n) is 7.88. The molecule has 2 aliphatic rings. The van der Waals surface area contributed by atoms with E-state index in [1.54, 1.807) is 12.1 Å². The number of benzene rings is 1. The molecule has 0 unspecified atom stereocenters. The van der Waals surface area contributed by atoms with Gasteiger partial charge >= 0.3 is 0 Å². The molecule has 23 heavy (non-hydrogen) atoms. The number of hydrogen-bond donors (Lipinski definition) is 0. The number of morpholine rings is 1. The zero-order chi connectivity index (χ0) is 15.8. The summed E-state index contributed by atoms with van der Waals surface area (Å²) in [5.41, 5.74) is 1.06. The normalized spacial score (nSPS) is 23.8. The van der Waals surface area contributed by atoms with Gasteiger partial charge in [0, 0.05) is 18.2 Å². The fraction of sp³-hybridized carbons (Fsp3) is 0.412. The van der Waals surface area contributed by atoms with Crippen molar-refractivity contribution in [3.63, 3.8) is 0 Å². The van der Waals surface area contributed by atoms with Crippen LogP contribution in [-0.4, -0.2) is 41.3 Å². The van der Waals surface area contributed by atoms with Gasteiger partial charge in [-0.15, -0.1) is 0 Å². The number of carbonyl (C=O) groups is 1. The Bertz CT molecular complexity index is 730. The number of carbonyl (C=O) groups excluding carboxylic acids is 1. The molecular weight excluding hydrogens is 316 g/mol. The van der Waals surface area contributed by atoms with Gasteiger partial charge in [0.2, 0.25) is 0 Å². The largest absolute Gasteiger partial charge is 0.374 e. The third-order valence-corrected chi connectivity index (χ3v) is 4.94. The number of hydrogen-bond acceptors (Lipinski definition) is 4. The minimum atomic E-state index is -0.0905. The highest BCUT2D eigenvalue weighted by atomic mass is 35.5. The van der Waals surface area contributed by atoms with Gasteiger partial charge in [0.1, 0.15) is 0 Å². The van der Waals surface area contributed by atoms with Crippen molar-refractivity contribution in [2.24, 2.45) is 0 Å². The summed E-state index contributed by atoms with van der Waals surface area (Å²) in [6.45, 7) is 1.19. The first-order valence-corrected chi connectivity index (χ1v) is 8.26. The maximum Gasteiger partial charge on any atom is 0.276 e. The van der Waals surface area contributed by atoms with Crippen LogP contribution in [0, 0.1) is 0 Å². The van der Waals surface area contributed by atoms with Crippen LogP contribution in [0.2, 0.25) is 5.02 Å². The van der Waals surface area contributed by atoms with E-state index in [0.29, 0.717) is 29.6 Å². The summed E-state index contributed by atoms with van der Waals surface area (Å²) in [4.78, 5) is 14.7. The van der Waals surface area contributed by atoms with Crippen LogP contribution in [0.5, 0.6) is 0 Å². The highest BCUT2D eigenvalue weighted by Gasteiger charge is 2.39. The lowest BCUT2D eigenvalue weighted by Crippen LogP contribution is -2.51. The average Bonchev–Trinajstić information content (AvgIpc) is 3.23. The summed E-state index contributed by atoms with van der Waals surface area (Å²) in [6.07, 6.45) is 3.29. The molecule has 2 fully saturated rings. The second kappa shape index (κ2) is 5.98. The van der Waals surface area contributed by atoms with E-state index in [2.05, 4.69) is 5.16 Å². The van der Waals surface area contributed by atoms with Crippen LogP contribution in [0.4, 0.5) is 0 Å². The van der Waals surface area contributed by atoms with Crippen LogP contribution >= 0.6 is 11.6 Å². The predicted molar refractivity (Wildman–Crippen MR) is 85.4 cm³/mol. The van der Waals surface area contributed by atoms with E-state index < -0.39 is 0 Å². The van der Waals surface area contributed by atoms with Crippen molar-refractivity contribution in [2.75, 3.05) is 13.2 Å². The number of halogens is 1. The third-order valence-electron chi connectivity index (χ3n) is 4.61. The first kappa shape index (κ1) is 14.7. The van der Waals surface area contributed by atoms with Crippen molar-refractivity contribution >= 4 is 17.5 Å². The van der Waals surface area contributed by atoms with Crippen molar-refractivity contribution in [1.29, 1.82) is 0 Å². The fourth-order valence-electron chi connectivity index (χ4n) is 3.49. The Morgan fingerprint density at radius 2 is 2.17 bits per heavy atom. The van der Waals surface area contributed by atoms with E-state index in [1.165, 1.54) is 0 Å². The molecule has 1 saturated heterocycles. The second-order valence-corrected chi connectivity index (χ2v) is 6.37. The molecule has 5 nitrogen and oxygen atoms in total. The molecule has 0 radical (unpaired) electrons. The Hall–Kier alpha value is -1.85. The predicted octanol–water partition coefficient (Wildman–Crippen LogP) is 3.39. The number of nitrogens with zero attached hydrogens (tertiary/aromatic N) is 2. The van der Waals surface area contributed by atoms with E-state index in [0.717, 1.165) is 24.8 Å². The molecule has 0 bridgehead atoms. The Balaban J connectivity index is 1.59. The molecule has 1 amide bonds. The standard InChI is InChI=1S/C17H17ClN2O3/c18-12-5-2-1-4-11(12)16-10-13(19-23-16)17(21)20-8-9-22-15-7-3-6-14(15)20/h1-2,4-5,10,14-15H,3,6-9H2/t14-,15+/m1/s1. The molecule has 1 aliphatic carbocycles. The zero-order valence-corrected chi connectivity index (χ0v) is 13.3. The molecule has 120 valence electrons. The molecule has 1 saturated carbocycles. The summed E-state index contributed by atoms with van der Waals surface area (Å²) >= 11 is 6.17. The molecule has 1 aliphatic heterocycles. The topological polar surface area (TPSA) is 55.6 Å². The first-order chi connectivity index (χ1) is 11.2. The maximum absolute atomic E-state index is 12.8. The average molecular weight is 333 g/mol. The van der Waals surface area contributed by atoms with Crippen LogP contribution in [0.3, 0.4) is 0 Å². The summed E-state index contributed by atoms with van der Waals surface area (Å²) in [5, 5.41) is 4.53. The van der Waals surface area contributed by atoms with Crippen molar-refractivity contribution in [3.05, 3.63) is 41.0 Å². The summed E-state index contributed by atoms with van der Waals surface area (Å²) in [6, 6.07) is 9.18. The lowest BCUT2D eigenvalue weighted by atomic mass is 10.1. The van der Waals surface area contributed by atoms with E-state index in [1.807, 2.05) is 23.1 Å². The van der Waals surface area contributed by atoms with Gasteiger partial charge in [-0.2, -0.15) is 0 Å². The Kier molecular flexibility index (Phi) is 3.83. The zero-order valence-electron chi connectivity index (χ0n) is 12.6. The fourth-order valence-corrected chi connectivity index (χ4v) is 3.72. The smallest absolute Gasteiger partial charge is 0.276 e. The number of rotatable bonds is 2. The van der Waals surface area contributed by atoms with Gasteiger partial charge in [0.05, 0.1) is 23.8 Å². The summed E-state index contributed by atoms with van der Waals surface area (Å²) < 4.78 is 11.1. The molecular formula is C17H17ClN2O3. The molecule has 0 N–H and O–H groups in total. The Morgan fingerprint density at radius 3 is 3.04 bits per heavy atom. The van der Waals surface area contributed by atoms with E-state index >= 15 is 0 Å². The molecule has 0 spiro atoms. The number of fused-ring (bicyclic) bond motifs is 1. The Morgan fingerprint density at radius 1 is 1.30 bits per heavy atom. The molecule has 4 rings (SSSR count). The van der Waals surface area contributed by atoms with Crippen LogP contribution in [-0.2, 0) is 4.74 Å². The summed E-state index contributed by atoms with van der Waals surface area (Å²) in [5.74, 6) is 0.419. The lowest BCUT2D eigenvalue weighted by Gasteiger charge is -2.37. The van der Waals surface area contributed by atoms with Crippen LogP contribution in [0.1, 0.15) is 29.8 Å². The minimum Gasteiger partial charge on any atom is -0.374 e. The van der Waals surface area contributed by atoms with Gasteiger partial charge in [0.15, 0.2) is 11.5 Å². The number of aromatic nitrogens is 1. The van der Waals surface area contributed by atoms with Crippen molar-refractivity contribution in [2.45, 2.75) is 31.4 Å². The van der Waals surface area contributed by atoms with Crippen molar-refractivity contribution in [3.8, 4) is 11.3 Å². The molecule has 2 heterocycles. The van der Waals surface area contributed by atoms with Gasteiger partial charge in [-0.3, -0.25) is 4.79 Å². The van der Waals surface area contributed by atoms with Crippen molar-refractivity contribution < 1.29 is 14.1 Å². The van der Waals surface area contributed by atoms with Gasteiger partial charge in [-0.1, -0.05) is 28.9 Å². The molecule has 1 aromatic carbocycles. The number of amides is 1. The van der Waals surface area contributed by atoms with Gasteiger partial charge in [0.25, 0.3) is 5.91 Å². The molecule has 2 atom stereocenters. The SMILES string of the molecule is O=C(c1cc(-c2ccccc2Cl)on1)N1CCO[C@H]2CCC[C@H]21. The van der Waals surface area contributed by atoms with Crippen LogP contribution in [0.25, 0.3) is 11.3 Å². The Labute approximate surface area is 139 Å². The minimum absolute atomic E-state index is 0.0905. The van der Waals surface area contributed by atoms with Gasteiger partial charge in [-0.05, 0) is 31.4 Å². The monoisotopic (exact) mass is 332 g/mol. The lowest BCUT2D eigenvalue weighted by molar-refractivity contribution is -0.0448. The van der Waals surface area contributed by atoms with Crippen LogP contribution in [0.15, 0.2) is 34.9 Å². The maximum atomic E-state index is 12.8. The molecule has 1 aromatic heterocycles.